The maximum Gasteiger partial charge on any atom is 0.337 e. The number of hydrogen-bond donors (Lipinski definition) is 3. The lowest BCUT2D eigenvalue weighted by Crippen LogP contribution is -2.29. The van der Waals surface area contributed by atoms with E-state index < -0.39 is 18.2 Å². The summed E-state index contributed by atoms with van der Waals surface area (Å²) in [6.45, 7) is 0. The van der Waals surface area contributed by atoms with Crippen LogP contribution >= 0.6 is 0 Å². The van der Waals surface area contributed by atoms with Gasteiger partial charge in [0.1, 0.15) is 11.9 Å². The number of rotatable bonds is 3. The third kappa shape index (κ3) is 2.38. The number of hydrogen-bond acceptors (Lipinski definition) is 5. The fourth-order valence-electron chi connectivity index (χ4n) is 1.98. The highest BCUT2D eigenvalue weighted by atomic mass is 16.5. The second-order valence-corrected chi connectivity index (χ2v) is 4.13. The second-order valence-electron chi connectivity index (χ2n) is 4.13. The number of fused-ring (bicyclic) bond motifs is 1. The Kier molecular flexibility index (Phi) is 3.69. The van der Waals surface area contributed by atoms with Crippen LogP contribution in [0.3, 0.4) is 0 Å². The molecule has 0 heterocycles. The topological polar surface area (TPSA) is 87.0 Å². The minimum Gasteiger partial charge on any atom is -0.507 e. The highest BCUT2D eigenvalue weighted by Gasteiger charge is 2.27. The molecule has 2 atom stereocenters. The lowest BCUT2D eigenvalue weighted by Gasteiger charge is -2.18. The van der Waals surface area contributed by atoms with E-state index in [1.165, 1.54) is 12.1 Å². The van der Waals surface area contributed by atoms with E-state index in [0.717, 1.165) is 7.11 Å². The fourth-order valence-corrected chi connectivity index (χ4v) is 1.98. The van der Waals surface area contributed by atoms with Crippen molar-refractivity contribution in [3.63, 3.8) is 0 Å². The number of aliphatic hydroxyl groups excluding tert-OH is 2. The van der Waals surface area contributed by atoms with Crippen molar-refractivity contribution >= 4 is 16.7 Å². The van der Waals surface area contributed by atoms with E-state index in [1.807, 2.05) is 0 Å². The fraction of sp³-hybridized carbons (Fsp3) is 0.214. The Hall–Kier alpha value is -2.11. The zero-order valence-corrected chi connectivity index (χ0v) is 10.3. The van der Waals surface area contributed by atoms with Gasteiger partial charge in [0.2, 0.25) is 0 Å². The highest BCUT2D eigenvalue weighted by molar-refractivity contribution is 5.91. The third-order valence-electron chi connectivity index (χ3n) is 3.00. The standard InChI is InChI=1S/C14H14O5/c1-19-14(18)13(17)12(16)10-6-7-11(15)9-5-3-2-4-8(9)10/h2-7,12-13,15-17H,1H3. The second kappa shape index (κ2) is 5.26. The van der Waals surface area contributed by atoms with E-state index in [1.54, 1.807) is 24.3 Å². The number of aliphatic hydroxyl groups is 2. The zero-order chi connectivity index (χ0) is 14.0. The lowest BCUT2D eigenvalue weighted by molar-refractivity contribution is -0.156. The first-order chi connectivity index (χ1) is 9.06. The summed E-state index contributed by atoms with van der Waals surface area (Å²) >= 11 is 0. The number of esters is 1. The molecule has 2 rings (SSSR count). The van der Waals surface area contributed by atoms with Gasteiger partial charge in [-0.05, 0) is 17.0 Å². The minimum atomic E-state index is -1.67. The van der Waals surface area contributed by atoms with Gasteiger partial charge in [-0.25, -0.2) is 4.79 Å². The minimum absolute atomic E-state index is 0.0686. The van der Waals surface area contributed by atoms with E-state index in [9.17, 15) is 20.1 Å². The monoisotopic (exact) mass is 262 g/mol. The molecule has 2 aromatic carbocycles. The molecule has 0 aliphatic rings. The molecule has 5 heteroatoms. The predicted octanol–water partition coefficient (Wildman–Crippen LogP) is 1.11. The van der Waals surface area contributed by atoms with Crippen molar-refractivity contribution in [1.82, 2.24) is 0 Å². The Balaban J connectivity index is 2.51. The Morgan fingerprint density at radius 2 is 1.74 bits per heavy atom. The summed E-state index contributed by atoms with van der Waals surface area (Å²) in [5.74, 6) is -0.844. The molecule has 19 heavy (non-hydrogen) atoms. The Morgan fingerprint density at radius 3 is 2.37 bits per heavy atom. The average molecular weight is 262 g/mol. The molecule has 2 unspecified atom stereocenters. The zero-order valence-electron chi connectivity index (χ0n) is 10.3. The number of methoxy groups -OCH3 is 1. The van der Waals surface area contributed by atoms with Crippen LogP contribution in [0.1, 0.15) is 11.7 Å². The number of carbonyl (C=O) groups is 1. The van der Waals surface area contributed by atoms with E-state index in [0.29, 0.717) is 16.3 Å². The van der Waals surface area contributed by atoms with E-state index >= 15 is 0 Å². The number of carbonyl (C=O) groups excluding carboxylic acids is 1. The first kappa shape index (κ1) is 13.3. The number of phenols is 1. The van der Waals surface area contributed by atoms with Gasteiger partial charge >= 0.3 is 5.97 Å². The average Bonchev–Trinajstić information content (AvgIpc) is 2.45. The largest absolute Gasteiger partial charge is 0.507 e. The molecule has 0 aliphatic heterocycles. The SMILES string of the molecule is COC(=O)C(O)C(O)c1ccc(O)c2ccccc12. The van der Waals surface area contributed by atoms with Crippen LogP contribution in [0, 0.1) is 0 Å². The van der Waals surface area contributed by atoms with Crippen LogP contribution < -0.4 is 0 Å². The summed E-state index contributed by atoms with van der Waals surface area (Å²) < 4.78 is 4.39. The van der Waals surface area contributed by atoms with Gasteiger partial charge in [-0.2, -0.15) is 0 Å². The van der Waals surface area contributed by atoms with E-state index in [4.69, 9.17) is 0 Å². The van der Waals surface area contributed by atoms with Crippen LogP contribution in [-0.2, 0) is 9.53 Å². The number of aromatic hydroxyl groups is 1. The molecular formula is C14H14O5. The molecule has 0 radical (unpaired) electrons. The normalized spacial score (nSPS) is 14.1. The number of benzene rings is 2. The van der Waals surface area contributed by atoms with Gasteiger partial charge in [0.05, 0.1) is 7.11 Å². The molecule has 0 saturated heterocycles. The molecule has 3 N–H and O–H groups in total. The molecular weight excluding hydrogens is 248 g/mol. The first-order valence-electron chi connectivity index (χ1n) is 5.71. The quantitative estimate of drug-likeness (QED) is 0.721. The molecule has 2 aromatic rings. The van der Waals surface area contributed by atoms with Crippen molar-refractivity contribution in [2.75, 3.05) is 7.11 Å². The van der Waals surface area contributed by atoms with Crippen molar-refractivity contribution in [2.45, 2.75) is 12.2 Å². The smallest absolute Gasteiger partial charge is 0.337 e. The molecule has 0 aromatic heterocycles. The summed E-state index contributed by atoms with van der Waals surface area (Å²) in [6, 6.07) is 9.74. The van der Waals surface area contributed by atoms with E-state index in [-0.39, 0.29) is 5.75 Å². The highest BCUT2D eigenvalue weighted by Crippen LogP contribution is 2.32. The summed E-state index contributed by atoms with van der Waals surface area (Å²) in [7, 11) is 1.13. The maximum atomic E-state index is 11.2. The summed E-state index contributed by atoms with van der Waals surface area (Å²) in [6.07, 6.45) is -3.09. The van der Waals surface area contributed by atoms with Gasteiger partial charge in [-0.15, -0.1) is 0 Å². The van der Waals surface area contributed by atoms with Crippen LogP contribution in [0.2, 0.25) is 0 Å². The maximum absolute atomic E-state index is 11.2. The summed E-state index contributed by atoms with van der Waals surface area (Å²) in [5.41, 5.74) is 0.353. The van der Waals surface area contributed by atoms with Crippen LogP contribution in [-0.4, -0.2) is 34.5 Å². The Labute approximate surface area is 109 Å². The predicted molar refractivity (Wildman–Crippen MR) is 68.6 cm³/mol. The molecule has 0 saturated carbocycles. The molecule has 5 nitrogen and oxygen atoms in total. The van der Waals surface area contributed by atoms with Crippen molar-refractivity contribution in [3.8, 4) is 5.75 Å². The molecule has 0 amide bonds. The molecule has 100 valence electrons. The van der Waals surface area contributed by atoms with Gasteiger partial charge in [-0.3, -0.25) is 0 Å². The molecule has 0 spiro atoms. The first-order valence-corrected chi connectivity index (χ1v) is 5.71. The molecule has 0 bridgehead atoms. The lowest BCUT2D eigenvalue weighted by atomic mass is 9.97. The van der Waals surface area contributed by atoms with Crippen LogP contribution in [0.15, 0.2) is 36.4 Å². The van der Waals surface area contributed by atoms with Crippen molar-refractivity contribution in [3.05, 3.63) is 42.0 Å². The van der Waals surface area contributed by atoms with Crippen molar-refractivity contribution < 1.29 is 24.9 Å². The van der Waals surface area contributed by atoms with Gasteiger partial charge < -0.3 is 20.1 Å². The van der Waals surface area contributed by atoms with Crippen molar-refractivity contribution in [1.29, 1.82) is 0 Å². The van der Waals surface area contributed by atoms with Crippen LogP contribution in [0.5, 0.6) is 5.75 Å². The molecule has 0 fully saturated rings. The summed E-state index contributed by atoms with van der Waals surface area (Å²) in [4.78, 5) is 11.2. The van der Waals surface area contributed by atoms with Crippen molar-refractivity contribution in [2.24, 2.45) is 0 Å². The van der Waals surface area contributed by atoms with Gasteiger partial charge in [0, 0.05) is 5.39 Å². The van der Waals surface area contributed by atoms with E-state index in [2.05, 4.69) is 4.74 Å². The number of ether oxygens (including phenoxy) is 1. The Morgan fingerprint density at radius 1 is 1.11 bits per heavy atom. The van der Waals surface area contributed by atoms with Gasteiger partial charge in [0.15, 0.2) is 6.10 Å². The van der Waals surface area contributed by atoms with Crippen LogP contribution in [0.4, 0.5) is 0 Å². The number of phenolic OH excluding ortho intramolecular Hbond substituents is 1. The third-order valence-corrected chi connectivity index (χ3v) is 3.00. The molecule has 0 aliphatic carbocycles. The van der Waals surface area contributed by atoms with Gasteiger partial charge in [-0.1, -0.05) is 30.3 Å². The Bertz CT molecular complexity index is 608. The summed E-state index contributed by atoms with van der Waals surface area (Å²) in [5, 5.41) is 30.6. The van der Waals surface area contributed by atoms with Gasteiger partial charge in [0.25, 0.3) is 0 Å². The van der Waals surface area contributed by atoms with Crippen LogP contribution in [0.25, 0.3) is 10.8 Å².